The summed E-state index contributed by atoms with van der Waals surface area (Å²) in [6.45, 7) is 0. The number of aromatic nitrogens is 2. The molecule has 0 aliphatic rings. The van der Waals surface area contributed by atoms with Crippen LogP contribution in [-0.4, -0.2) is 15.8 Å². The van der Waals surface area contributed by atoms with Crippen molar-refractivity contribution < 1.29 is 9.18 Å². The number of rotatable bonds is 4. The molecule has 0 bridgehead atoms. The molecule has 0 fully saturated rings. The molecule has 0 spiro atoms. The molecule has 0 atom stereocenters. The molecule has 0 aliphatic carbocycles. The SMILES string of the molecule is O=C(Cc1ccc(-c2ccccn2)nc1)c1ccc(F)c(Cl)c1. The summed E-state index contributed by atoms with van der Waals surface area (Å²) in [5, 5.41) is -0.0560. The van der Waals surface area contributed by atoms with Crippen LogP contribution in [-0.2, 0) is 6.42 Å². The number of ketones is 1. The molecular weight excluding hydrogens is 315 g/mol. The van der Waals surface area contributed by atoms with Gasteiger partial charge in [-0.15, -0.1) is 0 Å². The Morgan fingerprint density at radius 1 is 1.04 bits per heavy atom. The standard InChI is InChI=1S/C18H12ClFN2O/c19-14-10-13(5-6-15(14)20)18(23)9-12-4-7-17(22-11-12)16-3-1-2-8-21-16/h1-8,10-11H,9H2. The lowest BCUT2D eigenvalue weighted by Crippen LogP contribution is -2.04. The molecule has 1 aromatic carbocycles. The van der Waals surface area contributed by atoms with Crippen LogP contribution in [0.3, 0.4) is 0 Å². The second-order valence-corrected chi connectivity index (χ2v) is 5.40. The highest BCUT2D eigenvalue weighted by Crippen LogP contribution is 2.18. The van der Waals surface area contributed by atoms with Crippen LogP contribution in [0.1, 0.15) is 15.9 Å². The Morgan fingerprint density at radius 2 is 1.87 bits per heavy atom. The summed E-state index contributed by atoms with van der Waals surface area (Å²) in [4.78, 5) is 20.8. The van der Waals surface area contributed by atoms with Gasteiger partial charge in [0.15, 0.2) is 5.78 Å². The predicted molar refractivity (Wildman–Crippen MR) is 86.9 cm³/mol. The van der Waals surface area contributed by atoms with Crippen molar-refractivity contribution in [2.75, 3.05) is 0 Å². The minimum atomic E-state index is -0.537. The largest absolute Gasteiger partial charge is 0.294 e. The van der Waals surface area contributed by atoms with Crippen LogP contribution in [0.15, 0.2) is 60.9 Å². The van der Waals surface area contributed by atoms with Crippen LogP contribution in [0.5, 0.6) is 0 Å². The van der Waals surface area contributed by atoms with Gasteiger partial charge in [-0.05, 0) is 42.0 Å². The fourth-order valence-corrected chi connectivity index (χ4v) is 2.33. The van der Waals surface area contributed by atoms with Gasteiger partial charge >= 0.3 is 0 Å². The molecule has 0 saturated heterocycles. The molecule has 23 heavy (non-hydrogen) atoms. The normalized spacial score (nSPS) is 10.5. The van der Waals surface area contributed by atoms with Crippen LogP contribution < -0.4 is 0 Å². The second-order valence-electron chi connectivity index (χ2n) is 5.00. The average molecular weight is 327 g/mol. The van der Waals surface area contributed by atoms with Crippen molar-refractivity contribution in [3.8, 4) is 11.4 Å². The van der Waals surface area contributed by atoms with Gasteiger partial charge in [0.05, 0.1) is 16.4 Å². The number of hydrogen-bond donors (Lipinski definition) is 0. The van der Waals surface area contributed by atoms with Crippen molar-refractivity contribution in [3.63, 3.8) is 0 Å². The Morgan fingerprint density at radius 3 is 2.52 bits per heavy atom. The first-order chi connectivity index (χ1) is 11.1. The lowest BCUT2D eigenvalue weighted by atomic mass is 10.0. The zero-order valence-electron chi connectivity index (χ0n) is 12.0. The summed E-state index contributed by atoms with van der Waals surface area (Å²) >= 11 is 5.70. The number of Topliss-reactive ketones (excluding diaryl/α,β-unsaturated/α-hetero) is 1. The van der Waals surface area contributed by atoms with E-state index in [2.05, 4.69) is 9.97 Å². The van der Waals surface area contributed by atoms with Crippen LogP contribution in [0.25, 0.3) is 11.4 Å². The number of benzene rings is 1. The first-order valence-corrected chi connectivity index (χ1v) is 7.36. The van der Waals surface area contributed by atoms with E-state index in [0.29, 0.717) is 5.56 Å². The molecule has 3 rings (SSSR count). The molecule has 3 nitrogen and oxygen atoms in total. The number of carbonyl (C=O) groups is 1. The van der Waals surface area contributed by atoms with Crippen molar-refractivity contribution in [2.24, 2.45) is 0 Å². The van der Waals surface area contributed by atoms with Crippen molar-refractivity contribution in [3.05, 3.63) is 82.9 Å². The molecule has 0 unspecified atom stereocenters. The first-order valence-electron chi connectivity index (χ1n) is 6.98. The summed E-state index contributed by atoms with van der Waals surface area (Å²) in [6, 6.07) is 13.2. The zero-order valence-corrected chi connectivity index (χ0v) is 12.8. The fourth-order valence-electron chi connectivity index (χ4n) is 2.15. The Hall–Kier alpha value is -2.59. The molecule has 0 radical (unpaired) electrons. The van der Waals surface area contributed by atoms with E-state index in [4.69, 9.17) is 11.6 Å². The third-order valence-corrected chi connectivity index (χ3v) is 3.65. The van der Waals surface area contributed by atoms with Gasteiger partial charge < -0.3 is 0 Å². The third-order valence-electron chi connectivity index (χ3n) is 3.36. The Labute approximate surface area is 137 Å². The monoisotopic (exact) mass is 326 g/mol. The highest BCUT2D eigenvalue weighted by atomic mass is 35.5. The molecule has 2 aromatic heterocycles. The Balaban J connectivity index is 1.75. The number of hydrogen-bond acceptors (Lipinski definition) is 3. The molecule has 5 heteroatoms. The van der Waals surface area contributed by atoms with Crippen molar-refractivity contribution in [1.29, 1.82) is 0 Å². The maximum absolute atomic E-state index is 13.1. The minimum Gasteiger partial charge on any atom is -0.294 e. The van der Waals surface area contributed by atoms with Crippen molar-refractivity contribution in [2.45, 2.75) is 6.42 Å². The predicted octanol–water partition coefficient (Wildman–Crippen LogP) is 4.36. The van der Waals surface area contributed by atoms with Gasteiger partial charge in [0.1, 0.15) is 5.82 Å². The highest BCUT2D eigenvalue weighted by Gasteiger charge is 2.10. The molecule has 0 aliphatic heterocycles. The van der Waals surface area contributed by atoms with Gasteiger partial charge in [0.2, 0.25) is 0 Å². The quantitative estimate of drug-likeness (QED) is 0.669. The molecular formula is C18H12ClFN2O. The Kier molecular flexibility index (Phi) is 4.44. The fraction of sp³-hybridized carbons (Fsp3) is 0.0556. The number of halogens is 2. The smallest absolute Gasteiger partial charge is 0.167 e. The van der Waals surface area contributed by atoms with Crippen LogP contribution in [0.2, 0.25) is 5.02 Å². The van der Waals surface area contributed by atoms with Crippen molar-refractivity contribution in [1.82, 2.24) is 9.97 Å². The Bertz CT molecular complexity index is 835. The van der Waals surface area contributed by atoms with Crippen LogP contribution >= 0.6 is 11.6 Å². The van der Waals surface area contributed by atoms with E-state index >= 15 is 0 Å². The van der Waals surface area contributed by atoms with Gasteiger partial charge in [-0.1, -0.05) is 23.7 Å². The third kappa shape index (κ3) is 3.60. The molecule has 0 saturated carbocycles. The molecule has 0 amide bonds. The second kappa shape index (κ2) is 6.67. The first kappa shape index (κ1) is 15.3. The summed E-state index contributed by atoms with van der Waals surface area (Å²) in [5.41, 5.74) is 2.67. The van der Waals surface area contributed by atoms with Gasteiger partial charge in [0.25, 0.3) is 0 Å². The van der Waals surface area contributed by atoms with E-state index in [0.717, 1.165) is 17.0 Å². The molecule has 2 heterocycles. The van der Waals surface area contributed by atoms with Gasteiger partial charge in [-0.2, -0.15) is 0 Å². The summed E-state index contributed by atoms with van der Waals surface area (Å²) in [5.74, 6) is -0.677. The summed E-state index contributed by atoms with van der Waals surface area (Å²) in [7, 11) is 0. The molecule has 3 aromatic rings. The maximum atomic E-state index is 13.1. The number of nitrogens with zero attached hydrogens (tertiary/aromatic N) is 2. The maximum Gasteiger partial charge on any atom is 0.167 e. The summed E-state index contributed by atoms with van der Waals surface area (Å²) < 4.78 is 13.1. The van der Waals surface area contributed by atoms with Crippen LogP contribution in [0.4, 0.5) is 4.39 Å². The van der Waals surface area contributed by atoms with E-state index < -0.39 is 5.82 Å². The van der Waals surface area contributed by atoms with Gasteiger partial charge in [-0.25, -0.2) is 4.39 Å². The topological polar surface area (TPSA) is 42.9 Å². The van der Waals surface area contributed by atoms with Gasteiger partial charge in [0, 0.05) is 24.4 Å². The van der Waals surface area contributed by atoms with E-state index in [1.165, 1.54) is 18.2 Å². The minimum absolute atomic E-state index is 0.0560. The van der Waals surface area contributed by atoms with E-state index in [9.17, 15) is 9.18 Å². The lowest BCUT2D eigenvalue weighted by Gasteiger charge is -2.04. The van der Waals surface area contributed by atoms with E-state index in [-0.39, 0.29) is 17.2 Å². The van der Waals surface area contributed by atoms with Crippen LogP contribution in [0, 0.1) is 5.82 Å². The van der Waals surface area contributed by atoms with Crippen molar-refractivity contribution >= 4 is 17.4 Å². The number of pyridine rings is 2. The highest BCUT2D eigenvalue weighted by molar-refractivity contribution is 6.31. The average Bonchev–Trinajstić information content (AvgIpc) is 2.59. The van der Waals surface area contributed by atoms with E-state index in [1.807, 2.05) is 30.3 Å². The summed E-state index contributed by atoms with van der Waals surface area (Å²) in [6.07, 6.45) is 3.53. The van der Waals surface area contributed by atoms with Gasteiger partial charge in [-0.3, -0.25) is 14.8 Å². The molecule has 114 valence electrons. The lowest BCUT2D eigenvalue weighted by molar-refractivity contribution is 0.0993. The zero-order chi connectivity index (χ0) is 16.2. The number of carbonyl (C=O) groups excluding carboxylic acids is 1. The molecule has 0 N–H and O–H groups in total. The van der Waals surface area contributed by atoms with E-state index in [1.54, 1.807) is 12.4 Å².